The average molecular weight is 334 g/mol. The van der Waals surface area contributed by atoms with E-state index in [2.05, 4.69) is 29.2 Å². The van der Waals surface area contributed by atoms with E-state index in [9.17, 15) is 4.79 Å². The molecular formula is C20H22N4O. The van der Waals surface area contributed by atoms with Crippen molar-refractivity contribution in [3.63, 3.8) is 0 Å². The highest BCUT2D eigenvalue weighted by Gasteiger charge is 2.16. The van der Waals surface area contributed by atoms with Crippen molar-refractivity contribution in [1.29, 1.82) is 0 Å². The number of nitrogens with one attached hydrogen (secondary N) is 1. The number of carbonyl (C=O) groups excluding carboxylic acids is 1. The molecule has 0 aliphatic carbocycles. The lowest BCUT2D eigenvalue weighted by molar-refractivity contribution is 0.0946. The van der Waals surface area contributed by atoms with Crippen LogP contribution in [0.4, 0.5) is 0 Å². The fourth-order valence-electron chi connectivity index (χ4n) is 2.54. The van der Waals surface area contributed by atoms with Gasteiger partial charge in [0.05, 0.1) is 11.4 Å². The number of aromatic nitrogens is 3. The van der Waals surface area contributed by atoms with Gasteiger partial charge in [0.2, 0.25) is 0 Å². The summed E-state index contributed by atoms with van der Waals surface area (Å²) in [4.78, 5) is 16.6. The van der Waals surface area contributed by atoms with Gasteiger partial charge in [-0.15, -0.1) is 0 Å². The number of hydrogen-bond donors (Lipinski definition) is 1. The average Bonchev–Trinajstić information content (AvgIpc) is 3.08. The number of nitrogens with zero attached hydrogens (tertiary/aromatic N) is 3. The summed E-state index contributed by atoms with van der Waals surface area (Å²) in [5.41, 5.74) is 3.07. The van der Waals surface area contributed by atoms with E-state index in [4.69, 9.17) is 0 Å². The molecule has 3 aromatic rings. The van der Waals surface area contributed by atoms with Gasteiger partial charge in [0, 0.05) is 24.5 Å². The van der Waals surface area contributed by atoms with E-state index < -0.39 is 0 Å². The van der Waals surface area contributed by atoms with Gasteiger partial charge in [-0.2, -0.15) is 5.10 Å². The van der Waals surface area contributed by atoms with E-state index in [1.165, 1.54) is 0 Å². The minimum Gasteiger partial charge on any atom is -0.351 e. The topological polar surface area (TPSA) is 59.8 Å². The predicted molar refractivity (Wildman–Crippen MR) is 98.6 cm³/mol. The van der Waals surface area contributed by atoms with E-state index in [0.717, 1.165) is 23.4 Å². The lowest BCUT2D eigenvalue weighted by Crippen LogP contribution is -2.25. The molecule has 128 valence electrons. The van der Waals surface area contributed by atoms with Crippen LogP contribution in [0.5, 0.6) is 0 Å². The molecule has 1 aromatic carbocycles. The molecule has 0 saturated carbocycles. The minimum absolute atomic E-state index is 0.152. The summed E-state index contributed by atoms with van der Waals surface area (Å²) in [6.45, 7) is 4.92. The molecule has 0 unspecified atom stereocenters. The van der Waals surface area contributed by atoms with E-state index in [1.807, 2.05) is 48.5 Å². The second-order valence-corrected chi connectivity index (χ2v) is 6.34. The molecule has 2 heterocycles. The molecule has 5 heteroatoms. The fraction of sp³-hybridized carbons (Fsp3) is 0.250. The molecule has 1 N–H and O–H groups in total. The summed E-state index contributed by atoms with van der Waals surface area (Å²) in [6, 6.07) is 15.4. The zero-order valence-electron chi connectivity index (χ0n) is 14.5. The number of amides is 1. The molecule has 3 rings (SSSR count). The number of benzene rings is 1. The third kappa shape index (κ3) is 4.12. The Morgan fingerprint density at radius 2 is 1.96 bits per heavy atom. The molecule has 0 bridgehead atoms. The largest absolute Gasteiger partial charge is 0.351 e. The van der Waals surface area contributed by atoms with Crippen LogP contribution >= 0.6 is 0 Å². The Balaban J connectivity index is 1.94. The highest BCUT2D eigenvalue weighted by molar-refractivity contribution is 5.93. The lowest BCUT2D eigenvalue weighted by Gasteiger charge is -2.07. The summed E-state index contributed by atoms with van der Waals surface area (Å²) in [6.07, 6.45) is 4.45. The Kier molecular flexibility index (Phi) is 5.23. The first kappa shape index (κ1) is 16.9. The maximum Gasteiger partial charge on any atom is 0.271 e. The molecule has 0 radical (unpaired) electrons. The molecule has 0 aliphatic rings. The van der Waals surface area contributed by atoms with Crippen LogP contribution < -0.4 is 5.32 Å². The maximum atomic E-state index is 12.5. The van der Waals surface area contributed by atoms with Crippen molar-refractivity contribution in [2.24, 2.45) is 5.92 Å². The van der Waals surface area contributed by atoms with Crippen molar-refractivity contribution in [2.45, 2.75) is 20.3 Å². The SMILES string of the molecule is CC(C)CCNC(=O)c1cc(-c2cccnc2)n(-c2ccccc2)n1. The highest BCUT2D eigenvalue weighted by atomic mass is 16.1. The number of carbonyl (C=O) groups is 1. The van der Waals surface area contributed by atoms with Gasteiger partial charge in [0.15, 0.2) is 5.69 Å². The van der Waals surface area contributed by atoms with E-state index in [1.54, 1.807) is 17.1 Å². The molecule has 0 spiro atoms. The lowest BCUT2D eigenvalue weighted by atomic mass is 10.1. The van der Waals surface area contributed by atoms with Crippen LogP contribution in [0.15, 0.2) is 60.9 Å². The normalized spacial score (nSPS) is 10.8. The second-order valence-electron chi connectivity index (χ2n) is 6.34. The van der Waals surface area contributed by atoms with Crippen LogP contribution in [0, 0.1) is 5.92 Å². The molecule has 5 nitrogen and oxygen atoms in total. The van der Waals surface area contributed by atoms with Gasteiger partial charge in [0.25, 0.3) is 5.91 Å². The highest BCUT2D eigenvalue weighted by Crippen LogP contribution is 2.23. The third-order valence-corrected chi connectivity index (χ3v) is 3.91. The molecule has 2 aromatic heterocycles. The summed E-state index contributed by atoms with van der Waals surface area (Å²) >= 11 is 0. The predicted octanol–water partition coefficient (Wildman–Crippen LogP) is 3.71. The summed E-state index contributed by atoms with van der Waals surface area (Å²) in [7, 11) is 0. The number of rotatable bonds is 6. The number of pyridine rings is 1. The maximum absolute atomic E-state index is 12.5. The molecule has 0 atom stereocenters. The van der Waals surface area contributed by atoms with E-state index in [0.29, 0.717) is 18.2 Å². The first-order valence-electron chi connectivity index (χ1n) is 8.49. The van der Waals surface area contributed by atoms with Crippen LogP contribution in [0.25, 0.3) is 16.9 Å². The van der Waals surface area contributed by atoms with Gasteiger partial charge >= 0.3 is 0 Å². The van der Waals surface area contributed by atoms with Crippen LogP contribution in [-0.4, -0.2) is 27.2 Å². The Hall–Kier alpha value is -2.95. The van der Waals surface area contributed by atoms with Gasteiger partial charge in [-0.1, -0.05) is 32.0 Å². The minimum atomic E-state index is -0.152. The summed E-state index contributed by atoms with van der Waals surface area (Å²) in [5.74, 6) is 0.397. The Labute approximate surface area is 147 Å². The summed E-state index contributed by atoms with van der Waals surface area (Å²) in [5, 5.41) is 7.47. The van der Waals surface area contributed by atoms with Gasteiger partial charge in [0.1, 0.15) is 0 Å². The van der Waals surface area contributed by atoms with Crippen molar-refractivity contribution >= 4 is 5.91 Å². The zero-order valence-corrected chi connectivity index (χ0v) is 14.5. The monoisotopic (exact) mass is 334 g/mol. The van der Waals surface area contributed by atoms with Gasteiger partial charge in [-0.3, -0.25) is 9.78 Å². The summed E-state index contributed by atoms with van der Waals surface area (Å²) < 4.78 is 1.79. The van der Waals surface area contributed by atoms with Crippen molar-refractivity contribution in [1.82, 2.24) is 20.1 Å². The molecule has 1 amide bonds. The first-order chi connectivity index (χ1) is 12.1. The van der Waals surface area contributed by atoms with Gasteiger partial charge in [-0.05, 0) is 42.7 Å². The van der Waals surface area contributed by atoms with Crippen LogP contribution in [0.3, 0.4) is 0 Å². The number of para-hydroxylation sites is 1. The van der Waals surface area contributed by atoms with Crippen molar-refractivity contribution in [2.75, 3.05) is 6.54 Å². The standard InChI is InChI=1S/C20H22N4O/c1-15(2)10-12-22-20(25)18-13-19(16-7-6-11-21-14-16)24(23-18)17-8-4-3-5-9-17/h3-9,11,13-15H,10,12H2,1-2H3,(H,22,25). The van der Waals surface area contributed by atoms with Crippen LogP contribution in [-0.2, 0) is 0 Å². The van der Waals surface area contributed by atoms with E-state index in [-0.39, 0.29) is 5.91 Å². The quantitative estimate of drug-likeness (QED) is 0.747. The fourth-order valence-corrected chi connectivity index (χ4v) is 2.54. The van der Waals surface area contributed by atoms with Crippen molar-refractivity contribution < 1.29 is 4.79 Å². The van der Waals surface area contributed by atoms with Crippen molar-refractivity contribution in [3.05, 3.63) is 66.6 Å². The molecule has 25 heavy (non-hydrogen) atoms. The Bertz CT molecular complexity index is 768. The van der Waals surface area contributed by atoms with E-state index >= 15 is 0 Å². The van der Waals surface area contributed by atoms with Gasteiger partial charge < -0.3 is 5.32 Å². The molecule has 0 aliphatic heterocycles. The molecular weight excluding hydrogens is 312 g/mol. The first-order valence-corrected chi connectivity index (χ1v) is 8.49. The smallest absolute Gasteiger partial charge is 0.271 e. The molecule has 0 saturated heterocycles. The van der Waals surface area contributed by atoms with Gasteiger partial charge in [-0.25, -0.2) is 4.68 Å². The zero-order chi connectivity index (χ0) is 17.6. The van der Waals surface area contributed by atoms with Crippen molar-refractivity contribution in [3.8, 4) is 16.9 Å². The van der Waals surface area contributed by atoms with Crippen LogP contribution in [0.1, 0.15) is 30.8 Å². The molecule has 0 fully saturated rings. The van der Waals surface area contributed by atoms with Crippen LogP contribution in [0.2, 0.25) is 0 Å². The number of hydrogen-bond acceptors (Lipinski definition) is 3. The Morgan fingerprint density at radius 3 is 2.64 bits per heavy atom. The third-order valence-electron chi connectivity index (χ3n) is 3.91. The second kappa shape index (κ2) is 7.75. The Morgan fingerprint density at radius 1 is 1.16 bits per heavy atom.